The Morgan fingerprint density at radius 2 is 1.97 bits per heavy atom. The normalized spacial score (nSPS) is 21.9. The number of hydrogen-bond donors (Lipinski definition) is 2. The van der Waals surface area contributed by atoms with E-state index in [4.69, 9.17) is 23.2 Å². The number of aromatic amines is 1. The quantitative estimate of drug-likeness (QED) is 0.612. The summed E-state index contributed by atoms with van der Waals surface area (Å²) in [5.41, 5.74) is 1.58. The molecule has 3 atom stereocenters. The zero-order valence-electron chi connectivity index (χ0n) is 17.2. The molecular weight excluding hydrogens is 435 g/mol. The van der Waals surface area contributed by atoms with E-state index in [-0.39, 0.29) is 18.0 Å². The maximum Gasteiger partial charge on any atom is 0.244 e. The Bertz CT molecular complexity index is 1100. The van der Waals surface area contributed by atoms with Gasteiger partial charge in [0.25, 0.3) is 0 Å². The molecule has 3 aromatic rings. The molecule has 9 heteroatoms. The topological polar surface area (TPSA) is 77.2 Å². The highest BCUT2D eigenvalue weighted by Crippen LogP contribution is 2.36. The molecule has 3 unspecified atom stereocenters. The van der Waals surface area contributed by atoms with Gasteiger partial charge in [-0.3, -0.25) is 4.79 Å². The van der Waals surface area contributed by atoms with Crippen LogP contribution in [0.2, 0.25) is 10.0 Å². The van der Waals surface area contributed by atoms with E-state index in [0.717, 1.165) is 48.5 Å². The Morgan fingerprint density at radius 3 is 2.77 bits per heavy atom. The van der Waals surface area contributed by atoms with Crippen molar-refractivity contribution in [1.82, 2.24) is 19.9 Å². The number of anilines is 2. The number of nitrogens with one attached hydrogen (secondary N) is 2. The second-order valence-corrected chi connectivity index (χ2v) is 9.22. The Morgan fingerprint density at radius 1 is 1.19 bits per heavy atom. The third kappa shape index (κ3) is 3.92. The lowest BCUT2D eigenvalue weighted by molar-refractivity contribution is -0.133. The van der Waals surface area contributed by atoms with Gasteiger partial charge in [-0.15, -0.1) is 0 Å². The largest absolute Gasteiger partial charge is 0.374 e. The molecule has 2 N–H and O–H groups in total. The minimum Gasteiger partial charge on any atom is -0.374 e. The van der Waals surface area contributed by atoms with Crippen LogP contribution in [-0.4, -0.2) is 57.5 Å². The number of piperidine rings is 1. The minimum atomic E-state index is -0.378. The van der Waals surface area contributed by atoms with E-state index in [9.17, 15) is 4.79 Å². The van der Waals surface area contributed by atoms with E-state index in [2.05, 4.69) is 25.2 Å². The molecule has 2 saturated heterocycles. The van der Waals surface area contributed by atoms with Gasteiger partial charge < -0.3 is 20.1 Å². The number of rotatable bonds is 4. The molecule has 2 aliphatic heterocycles. The summed E-state index contributed by atoms with van der Waals surface area (Å²) >= 11 is 12.2. The van der Waals surface area contributed by atoms with E-state index < -0.39 is 0 Å². The fraction of sp³-hybridized carbons (Fsp3) is 0.409. The molecule has 0 saturated carbocycles. The van der Waals surface area contributed by atoms with Gasteiger partial charge in [0.05, 0.1) is 11.4 Å². The average molecular weight is 459 g/mol. The highest BCUT2D eigenvalue weighted by atomic mass is 35.5. The van der Waals surface area contributed by atoms with Crippen LogP contribution in [0.5, 0.6) is 0 Å². The fourth-order valence-corrected chi connectivity index (χ4v) is 5.44. The fourth-order valence-electron chi connectivity index (χ4n) is 4.91. The average Bonchev–Trinajstić information content (AvgIpc) is 3.38. The van der Waals surface area contributed by atoms with Crippen molar-refractivity contribution >= 4 is 51.6 Å². The summed E-state index contributed by atoms with van der Waals surface area (Å²) in [4.78, 5) is 29.6. The van der Waals surface area contributed by atoms with Crippen LogP contribution < -0.4 is 10.2 Å². The predicted molar refractivity (Wildman–Crippen MR) is 124 cm³/mol. The van der Waals surface area contributed by atoms with Gasteiger partial charge in [0.1, 0.15) is 23.8 Å². The highest BCUT2D eigenvalue weighted by molar-refractivity contribution is 6.35. The van der Waals surface area contributed by atoms with Crippen molar-refractivity contribution in [2.45, 2.75) is 31.8 Å². The summed E-state index contributed by atoms with van der Waals surface area (Å²) in [6.07, 6.45) is 5.62. The Hall–Kier alpha value is -2.51. The van der Waals surface area contributed by atoms with Gasteiger partial charge in [-0.05, 0) is 49.9 Å². The lowest BCUT2D eigenvalue weighted by Crippen LogP contribution is -2.53. The second kappa shape index (κ2) is 8.20. The zero-order valence-corrected chi connectivity index (χ0v) is 18.7. The van der Waals surface area contributed by atoms with Crippen LogP contribution in [0.1, 0.15) is 19.8 Å². The number of amides is 1. The van der Waals surface area contributed by atoms with Gasteiger partial charge in [-0.2, -0.15) is 0 Å². The monoisotopic (exact) mass is 458 g/mol. The molecule has 31 heavy (non-hydrogen) atoms. The molecule has 1 aromatic carbocycles. The van der Waals surface area contributed by atoms with Crippen LogP contribution in [-0.2, 0) is 4.79 Å². The molecule has 1 amide bonds. The number of hydrogen-bond acceptors (Lipinski definition) is 5. The maximum absolute atomic E-state index is 13.2. The second-order valence-electron chi connectivity index (χ2n) is 8.34. The maximum atomic E-state index is 13.2. The number of carbonyl (C=O) groups is 1. The molecule has 162 valence electrons. The number of nitrogens with zero attached hydrogens (tertiary/aromatic N) is 4. The number of aromatic nitrogens is 3. The first-order valence-electron chi connectivity index (χ1n) is 10.6. The number of fused-ring (bicyclic) bond motifs is 2. The molecular formula is C22H24Cl2N6O. The van der Waals surface area contributed by atoms with Gasteiger partial charge >= 0.3 is 0 Å². The molecule has 0 spiro atoms. The molecule has 5 rings (SSSR count). The SMILES string of the molecule is CC(Nc1cc(Cl)cc(Cl)c1)C(=O)N1CCC2CCN(c3ncnc4[nH]ccc34)C2C1. The van der Waals surface area contributed by atoms with Crippen LogP contribution >= 0.6 is 23.2 Å². The summed E-state index contributed by atoms with van der Waals surface area (Å²) in [6.45, 7) is 4.30. The first kappa shape index (κ1) is 20.4. The van der Waals surface area contributed by atoms with Gasteiger partial charge in [-0.1, -0.05) is 23.2 Å². The van der Waals surface area contributed by atoms with Gasteiger partial charge in [0, 0.05) is 41.6 Å². The molecule has 2 fully saturated rings. The van der Waals surface area contributed by atoms with Crippen LogP contribution in [0, 0.1) is 5.92 Å². The molecule has 7 nitrogen and oxygen atoms in total. The molecule has 0 bridgehead atoms. The smallest absolute Gasteiger partial charge is 0.244 e. The van der Waals surface area contributed by atoms with E-state index in [1.54, 1.807) is 24.5 Å². The van der Waals surface area contributed by atoms with Gasteiger partial charge in [-0.25, -0.2) is 9.97 Å². The van der Waals surface area contributed by atoms with Gasteiger partial charge in [0.2, 0.25) is 5.91 Å². The molecule has 4 heterocycles. The number of halogens is 2. The first-order valence-corrected chi connectivity index (χ1v) is 11.3. The van der Waals surface area contributed by atoms with Crippen LogP contribution in [0.3, 0.4) is 0 Å². The highest BCUT2D eigenvalue weighted by Gasteiger charge is 2.41. The van der Waals surface area contributed by atoms with Crippen molar-refractivity contribution in [3.63, 3.8) is 0 Å². The summed E-state index contributed by atoms with van der Waals surface area (Å²) in [6, 6.07) is 7.13. The summed E-state index contributed by atoms with van der Waals surface area (Å²) < 4.78 is 0. The molecule has 0 aliphatic carbocycles. The van der Waals surface area contributed by atoms with Crippen molar-refractivity contribution in [2.24, 2.45) is 5.92 Å². The number of benzene rings is 1. The zero-order chi connectivity index (χ0) is 21.5. The number of likely N-dealkylation sites (tertiary alicyclic amines) is 1. The Kier molecular flexibility index (Phi) is 5.40. The van der Waals surface area contributed by atoms with E-state index in [1.807, 2.05) is 24.1 Å². The van der Waals surface area contributed by atoms with Crippen molar-refractivity contribution in [1.29, 1.82) is 0 Å². The molecule has 2 aliphatic rings. The van der Waals surface area contributed by atoms with Crippen LogP contribution in [0.25, 0.3) is 11.0 Å². The van der Waals surface area contributed by atoms with Gasteiger partial charge in [0.15, 0.2) is 0 Å². The number of H-pyrrole nitrogens is 1. The lowest BCUT2D eigenvalue weighted by Gasteiger charge is -2.40. The molecule has 2 aromatic heterocycles. The van der Waals surface area contributed by atoms with Crippen LogP contribution in [0.15, 0.2) is 36.8 Å². The van der Waals surface area contributed by atoms with E-state index in [1.165, 1.54) is 0 Å². The van der Waals surface area contributed by atoms with Crippen molar-refractivity contribution in [3.8, 4) is 0 Å². The minimum absolute atomic E-state index is 0.0795. The third-order valence-corrected chi connectivity index (χ3v) is 6.83. The first-order chi connectivity index (χ1) is 15.0. The van der Waals surface area contributed by atoms with E-state index >= 15 is 0 Å². The van der Waals surface area contributed by atoms with Crippen molar-refractivity contribution < 1.29 is 4.79 Å². The lowest BCUT2D eigenvalue weighted by atomic mass is 9.91. The van der Waals surface area contributed by atoms with Crippen molar-refractivity contribution in [3.05, 3.63) is 46.8 Å². The standard InChI is InChI=1S/C22H24Cl2N6O/c1-13(28-17-9-15(23)8-16(24)10-17)22(31)29-6-3-14-4-7-30(19(14)11-29)21-18-2-5-25-20(18)26-12-27-21/h2,5,8-10,12-14,19,28H,3-4,6-7,11H2,1H3,(H,25,26,27). The Labute approximate surface area is 190 Å². The summed E-state index contributed by atoms with van der Waals surface area (Å²) in [5.74, 6) is 1.60. The van der Waals surface area contributed by atoms with E-state index in [0.29, 0.717) is 22.5 Å². The summed E-state index contributed by atoms with van der Waals surface area (Å²) in [7, 11) is 0. The Balaban J connectivity index is 1.32. The number of carbonyl (C=O) groups excluding carboxylic acids is 1. The third-order valence-electron chi connectivity index (χ3n) is 6.40. The van der Waals surface area contributed by atoms with Crippen LogP contribution in [0.4, 0.5) is 11.5 Å². The predicted octanol–water partition coefficient (Wildman–Crippen LogP) is 4.19. The van der Waals surface area contributed by atoms with Crippen molar-refractivity contribution in [2.75, 3.05) is 29.9 Å². The molecule has 0 radical (unpaired) electrons. The summed E-state index contributed by atoms with van der Waals surface area (Å²) in [5, 5.41) is 5.35.